The minimum atomic E-state index is -0.373. The number of rotatable bonds is 15. The Balaban J connectivity index is 1.26. The Bertz CT molecular complexity index is 2330. The summed E-state index contributed by atoms with van der Waals surface area (Å²) in [7, 11) is 5.24. The number of carbonyl (C=O) groups is 3. The summed E-state index contributed by atoms with van der Waals surface area (Å²) < 4.78 is 8.32. The number of tetrazole rings is 1. The molecule has 0 radical (unpaired) electrons. The first-order valence-corrected chi connectivity index (χ1v) is 20.0. The van der Waals surface area contributed by atoms with E-state index < -0.39 is 0 Å². The van der Waals surface area contributed by atoms with Crippen molar-refractivity contribution in [3.05, 3.63) is 86.5 Å². The maximum atomic E-state index is 14.3. The van der Waals surface area contributed by atoms with Crippen molar-refractivity contribution >= 4 is 57.8 Å². The second kappa shape index (κ2) is 18.5. The van der Waals surface area contributed by atoms with Gasteiger partial charge in [0.15, 0.2) is 11.0 Å². The number of nitrogens with zero attached hydrogens (tertiary/aromatic N) is 9. The van der Waals surface area contributed by atoms with Gasteiger partial charge in [0.25, 0.3) is 11.5 Å². The number of benzene rings is 1. The molecule has 1 aromatic carbocycles. The number of anilines is 2. The van der Waals surface area contributed by atoms with Crippen LogP contribution in [0.2, 0.25) is 0 Å². The highest BCUT2D eigenvalue weighted by atomic mass is 32.1. The Morgan fingerprint density at radius 2 is 1.79 bits per heavy atom. The highest BCUT2D eigenvalue weighted by molar-refractivity contribution is 7.14. The first-order chi connectivity index (χ1) is 27.8. The molecule has 1 fully saturated rings. The summed E-state index contributed by atoms with van der Waals surface area (Å²) >= 11 is 1.35. The molecular weight excluding hydrogens is 761 g/mol. The van der Waals surface area contributed by atoms with Crippen LogP contribution in [0.25, 0.3) is 17.8 Å². The van der Waals surface area contributed by atoms with Crippen molar-refractivity contribution < 1.29 is 19.1 Å². The number of ether oxygens (including phenoxy) is 1. The van der Waals surface area contributed by atoms with Gasteiger partial charge in [0.05, 0.1) is 31.5 Å². The van der Waals surface area contributed by atoms with E-state index in [4.69, 9.17) is 9.72 Å². The van der Waals surface area contributed by atoms with Gasteiger partial charge in [-0.3, -0.25) is 28.9 Å². The van der Waals surface area contributed by atoms with Gasteiger partial charge in [-0.1, -0.05) is 32.9 Å². The molecule has 1 unspecified atom stereocenters. The van der Waals surface area contributed by atoms with Gasteiger partial charge in [-0.15, -0.1) is 16.4 Å². The third-order valence-electron chi connectivity index (χ3n) is 9.57. The standard InChI is InChI=1S/C40H50N12O5S/c1-40(2,3)31-25-58-39(43-31)45-37(55)28-15-19-51-33(21-28)44-36(50-18-7-8-27(22-50)20-34(53)41-16-17-42-35(54)24-49(4)5)30(38(51)56)13-14-32-46-47-48-52(32)23-26-9-11-29(57-6)12-10-26/h9-15,19,21,25,27H,7-8,16-18,20,22-24H2,1-6H3,(H,41,53)(H,42,54)(H,43,45,55)/b14-13+. The highest BCUT2D eigenvalue weighted by Crippen LogP contribution is 2.29. The van der Waals surface area contributed by atoms with E-state index in [1.165, 1.54) is 15.7 Å². The Labute approximate surface area is 340 Å². The minimum absolute atomic E-state index is 0.0145. The van der Waals surface area contributed by atoms with Gasteiger partial charge in [-0.05, 0) is 85.3 Å². The van der Waals surface area contributed by atoms with Gasteiger partial charge in [-0.2, -0.15) is 0 Å². The molecule has 0 spiro atoms. The molecule has 1 aliphatic rings. The van der Waals surface area contributed by atoms with E-state index in [-0.39, 0.29) is 47.6 Å². The molecule has 0 bridgehead atoms. The lowest BCUT2D eigenvalue weighted by atomic mass is 9.93. The number of aromatic nitrogens is 7. The van der Waals surface area contributed by atoms with Gasteiger partial charge in [-0.25, -0.2) is 14.6 Å². The molecule has 1 aliphatic heterocycles. The number of thiazole rings is 1. The number of hydrogen-bond donors (Lipinski definition) is 3. The van der Waals surface area contributed by atoms with E-state index in [1.807, 2.05) is 48.6 Å². The Hall–Kier alpha value is -6.01. The predicted octanol–water partition coefficient (Wildman–Crippen LogP) is 3.32. The lowest BCUT2D eigenvalue weighted by Gasteiger charge is -2.34. The van der Waals surface area contributed by atoms with E-state index in [2.05, 4.69) is 57.2 Å². The van der Waals surface area contributed by atoms with Crippen LogP contribution in [0.4, 0.5) is 10.9 Å². The van der Waals surface area contributed by atoms with E-state index in [0.717, 1.165) is 29.8 Å². The van der Waals surface area contributed by atoms with Gasteiger partial charge in [0.1, 0.15) is 17.2 Å². The molecule has 18 heteroatoms. The van der Waals surface area contributed by atoms with Crippen LogP contribution in [0.15, 0.2) is 52.8 Å². The van der Waals surface area contributed by atoms with Crippen molar-refractivity contribution in [2.24, 2.45) is 5.92 Å². The smallest absolute Gasteiger partial charge is 0.267 e. The van der Waals surface area contributed by atoms with E-state index in [0.29, 0.717) is 66.3 Å². The van der Waals surface area contributed by atoms with Crippen LogP contribution in [0.1, 0.15) is 73.0 Å². The first kappa shape index (κ1) is 41.6. The Morgan fingerprint density at radius 1 is 1.03 bits per heavy atom. The van der Waals surface area contributed by atoms with Crippen LogP contribution < -0.4 is 31.1 Å². The van der Waals surface area contributed by atoms with Crippen molar-refractivity contribution in [1.82, 2.24) is 50.1 Å². The number of fused-ring (bicyclic) bond motifs is 1. The predicted molar refractivity (Wildman–Crippen MR) is 223 cm³/mol. The molecule has 58 heavy (non-hydrogen) atoms. The van der Waals surface area contributed by atoms with E-state index in [9.17, 15) is 19.2 Å². The van der Waals surface area contributed by atoms with E-state index >= 15 is 0 Å². The molecule has 5 aromatic rings. The van der Waals surface area contributed by atoms with Crippen LogP contribution in [0.3, 0.4) is 0 Å². The zero-order valence-electron chi connectivity index (χ0n) is 33.7. The molecule has 0 aliphatic carbocycles. The lowest BCUT2D eigenvalue weighted by molar-refractivity contribution is -0.123. The number of methoxy groups -OCH3 is 1. The summed E-state index contributed by atoms with van der Waals surface area (Å²) in [6.45, 7) is 8.58. The number of nitrogens with one attached hydrogen (secondary N) is 3. The van der Waals surface area contributed by atoms with E-state index in [1.54, 1.807) is 47.2 Å². The monoisotopic (exact) mass is 810 g/mol. The van der Waals surface area contributed by atoms with Crippen molar-refractivity contribution in [2.45, 2.75) is 52.0 Å². The molecule has 3 N–H and O–H groups in total. The summed E-state index contributed by atoms with van der Waals surface area (Å²) in [5.41, 5.74) is 2.24. The van der Waals surface area contributed by atoms with Crippen LogP contribution in [0.5, 0.6) is 5.75 Å². The fraction of sp³-hybridized carbons (Fsp3) is 0.425. The number of amides is 3. The molecule has 0 saturated carbocycles. The third kappa shape index (κ3) is 10.7. The Morgan fingerprint density at radius 3 is 2.50 bits per heavy atom. The van der Waals surface area contributed by atoms with Crippen molar-refractivity contribution in [3.63, 3.8) is 0 Å². The zero-order valence-corrected chi connectivity index (χ0v) is 34.5. The van der Waals surface area contributed by atoms with Crippen LogP contribution in [-0.4, -0.2) is 111 Å². The fourth-order valence-electron chi connectivity index (χ4n) is 6.52. The molecule has 3 amide bonds. The second-order valence-corrected chi connectivity index (χ2v) is 16.4. The first-order valence-electron chi connectivity index (χ1n) is 19.1. The average Bonchev–Trinajstić information content (AvgIpc) is 3.86. The largest absolute Gasteiger partial charge is 0.497 e. The van der Waals surface area contributed by atoms with Crippen molar-refractivity contribution in [2.75, 3.05) is 64.1 Å². The van der Waals surface area contributed by atoms with Crippen LogP contribution >= 0.6 is 11.3 Å². The maximum Gasteiger partial charge on any atom is 0.267 e. The average molecular weight is 811 g/mol. The van der Waals surface area contributed by atoms with Crippen LogP contribution in [-0.2, 0) is 21.5 Å². The highest BCUT2D eigenvalue weighted by Gasteiger charge is 2.27. The Kier molecular flexibility index (Phi) is 13.3. The summed E-state index contributed by atoms with van der Waals surface area (Å²) in [4.78, 5) is 66.1. The van der Waals surface area contributed by atoms with Gasteiger partial charge < -0.3 is 25.2 Å². The van der Waals surface area contributed by atoms with Crippen molar-refractivity contribution in [1.29, 1.82) is 0 Å². The molecule has 17 nitrogen and oxygen atoms in total. The number of carbonyl (C=O) groups excluding carboxylic acids is 3. The SMILES string of the molecule is COc1ccc(Cn2nnnc2/C=C/c2c(N3CCCC(CC(=O)NCCNC(=O)CN(C)C)C3)nc3cc(C(=O)Nc4nc(C(C)(C)C)cs4)ccn3c2=O)cc1. The number of hydrogen-bond acceptors (Lipinski definition) is 13. The summed E-state index contributed by atoms with van der Waals surface area (Å²) in [5, 5.41) is 23.2. The summed E-state index contributed by atoms with van der Waals surface area (Å²) in [6.07, 6.45) is 6.77. The third-order valence-corrected chi connectivity index (χ3v) is 10.3. The molecule has 1 atom stereocenters. The number of pyridine rings is 1. The minimum Gasteiger partial charge on any atom is -0.497 e. The maximum absolute atomic E-state index is 14.3. The van der Waals surface area contributed by atoms with Gasteiger partial charge in [0, 0.05) is 55.2 Å². The zero-order chi connectivity index (χ0) is 41.4. The van der Waals surface area contributed by atoms with Gasteiger partial charge >= 0.3 is 0 Å². The molecule has 4 aromatic heterocycles. The molecule has 5 heterocycles. The number of likely N-dealkylation sites (N-methyl/N-ethyl adjacent to an activating group) is 1. The summed E-state index contributed by atoms with van der Waals surface area (Å²) in [6, 6.07) is 10.8. The lowest BCUT2D eigenvalue weighted by Crippen LogP contribution is -2.41. The molecule has 306 valence electrons. The van der Waals surface area contributed by atoms with Crippen molar-refractivity contribution in [3.8, 4) is 5.75 Å². The van der Waals surface area contributed by atoms with Gasteiger partial charge in [0.2, 0.25) is 11.8 Å². The number of piperidine rings is 1. The topological polar surface area (TPSA) is 194 Å². The molecule has 1 saturated heterocycles. The normalized spacial score (nSPS) is 14.6. The van der Waals surface area contributed by atoms with Crippen LogP contribution in [0, 0.1) is 5.92 Å². The fourth-order valence-corrected chi connectivity index (χ4v) is 7.46. The molecular formula is C40H50N12O5S. The quantitative estimate of drug-likeness (QED) is 0.131. The summed E-state index contributed by atoms with van der Waals surface area (Å²) in [5.74, 6) is 0.983. The molecule has 6 rings (SSSR count). The second-order valence-electron chi connectivity index (χ2n) is 15.5.